The zero-order valence-corrected chi connectivity index (χ0v) is 13.4. The van der Waals surface area contributed by atoms with Gasteiger partial charge in [0.15, 0.2) is 9.84 Å². The van der Waals surface area contributed by atoms with Crippen molar-refractivity contribution >= 4 is 15.9 Å². The van der Waals surface area contributed by atoms with Gasteiger partial charge in [0.2, 0.25) is 0 Å². The number of hydrogen-bond acceptors (Lipinski definition) is 5. The molecule has 7 heteroatoms. The first-order valence-corrected chi connectivity index (χ1v) is 8.32. The Kier molecular flexibility index (Phi) is 5.36. The number of amides is 1. The minimum atomic E-state index is -3.27. The number of rotatable bonds is 4. The fourth-order valence-corrected chi connectivity index (χ4v) is 2.26. The number of aliphatic hydroxyl groups is 1. The third-order valence-electron chi connectivity index (χ3n) is 2.58. The molecule has 2 N–H and O–H groups in total. The van der Waals surface area contributed by atoms with Gasteiger partial charge in [-0.05, 0) is 38.5 Å². The second-order valence-electron chi connectivity index (χ2n) is 5.72. The highest BCUT2D eigenvalue weighted by Crippen LogP contribution is 2.17. The van der Waals surface area contributed by atoms with Gasteiger partial charge in [-0.1, -0.05) is 12.1 Å². The van der Waals surface area contributed by atoms with Crippen molar-refractivity contribution in [1.29, 1.82) is 0 Å². The first kappa shape index (κ1) is 17.5. The molecule has 0 spiro atoms. The van der Waals surface area contributed by atoms with Crippen LogP contribution in [-0.4, -0.2) is 38.1 Å². The molecule has 1 aromatic carbocycles. The van der Waals surface area contributed by atoms with Crippen molar-refractivity contribution in [3.05, 3.63) is 29.8 Å². The summed E-state index contributed by atoms with van der Waals surface area (Å²) >= 11 is 0. The lowest BCUT2D eigenvalue weighted by molar-refractivity contribution is 0.0482. The van der Waals surface area contributed by atoms with Crippen molar-refractivity contribution in [3.63, 3.8) is 0 Å². The van der Waals surface area contributed by atoms with E-state index in [0.29, 0.717) is 5.56 Å². The predicted octanol–water partition coefficient (Wildman–Crippen LogP) is 1.65. The Morgan fingerprint density at radius 1 is 1.29 bits per heavy atom. The van der Waals surface area contributed by atoms with Crippen LogP contribution in [0.1, 0.15) is 32.4 Å². The lowest BCUT2D eigenvalue weighted by Gasteiger charge is -2.23. The molecule has 1 amide bonds. The summed E-state index contributed by atoms with van der Waals surface area (Å²) in [5.74, 6) is 0. The van der Waals surface area contributed by atoms with E-state index < -0.39 is 27.6 Å². The van der Waals surface area contributed by atoms with Crippen LogP contribution in [0.15, 0.2) is 29.2 Å². The molecule has 0 heterocycles. The van der Waals surface area contributed by atoms with Crippen LogP contribution in [0.2, 0.25) is 0 Å². The number of ether oxygens (including phenoxy) is 1. The van der Waals surface area contributed by atoms with Gasteiger partial charge in [-0.25, -0.2) is 13.2 Å². The number of hydrogen-bond donors (Lipinski definition) is 2. The standard InChI is InChI=1S/C14H21NO5S/c1-14(2,3)20-13(17)15-12(9-16)10-5-7-11(8-6-10)21(4,18)19/h5-8,12,16H,9H2,1-4H3,(H,15,17)/t12-/m0/s1. The van der Waals surface area contributed by atoms with Gasteiger partial charge < -0.3 is 15.2 Å². The molecule has 1 atom stereocenters. The Labute approximate surface area is 125 Å². The van der Waals surface area contributed by atoms with E-state index in [1.54, 1.807) is 32.9 Å². The van der Waals surface area contributed by atoms with Crippen LogP contribution in [0.25, 0.3) is 0 Å². The SMILES string of the molecule is CC(C)(C)OC(=O)N[C@@H](CO)c1ccc(S(C)(=O)=O)cc1. The molecule has 21 heavy (non-hydrogen) atoms. The molecule has 1 rings (SSSR count). The predicted molar refractivity (Wildman–Crippen MR) is 78.7 cm³/mol. The first-order chi connectivity index (χ1) is 9.53. The third-order valence-corrected chi connectivity index (χ3v) is 3.71. The van der Waals surface area contributed by atoms with Gasteiger partial charge in [-0.2, -0.15) is 0 Å². The second-order valence-corrected chi connectivity index (χ2v) is 7.74. The van der Waals surface area contributed by atoms with E-state index in [2.05, 4.69) is 5.32 Å². The molecular weight excluding hydrogens is 294 g/mol. The van der Waals surface area contributed by atoms with Gasteiger partial charge in [0, 0.05) is 6.26 Å². The summed E-state index contributed by atoms with van der Waals surface area (Å²) in [7, 11) is -3.27. The molecule has 0 aliphatic rings. The lowest BCUT2D eigenvalue weighted by atomic mass is 10.1. The number of alkyl carbamates (subject to hydrolysis) is 1. The van der Waals surface area contributed by atoms with Crippen molar-refractivity contribution in [2.24, 2.45) is 0 Å². The average Bonchev–Trinajstić information content (AvgIpc) is 2.33. The van der Waals surface area contributed by atoms with E-state index in [1.807, 2.05) is 0 Å². The van der Waals surface area contributed by atoms with Crippen molar-refractivity contribution < 1.29 is 23.1 Å². The maximum absolute atomic E-state index is 11.7. The summed E-state index contributed by atoms with van der Waals surface area (Å²) in [6.45, 7) is 4.89. The molecule has 0 unspecified atom stereocenters. The van der Waals surface area contributed by atoms with Crippen LogP contribution in [0.3, 0.4) is 0 Å². The Morgan fingerprint density at radius 3 is 2.19 bits per heavy atom. The fourth-order valence-electron chi connectivity index (χ4n) is 1.63. The maximum Gasteiger partial charge on any atom is 0.408 e. The molecule has 0 fully saturated rings. The number of carbonyl (C=O) groups excluding carboxylic acids is 1. The largest absolute Gasteiger partial charge is 0.444 e. The summed E-state index contributed by atoms with van der Waals surface area (Å²) in [5.41, 5.74) is -0.0414. The summed E-state index contributed by atoms with van der Waals surface area (Å²) in [5, 5.41) is 11.9. The van der Waals surface area contributed by atoms with Gasteiger partial charge in [-0.3, -0.25) is 0 Å². The van der Waals surface area contributed by atoms with Gasteiger partial charge in [0.1, 0.15) is 5.60 Å². The zero-order valence-electron chi connectivity index (χ0n) is 12.6. The normalized spacial score (nSPS) is 13.6. The van der Waals surface area contributed by atoms with Crippen LogP contribution >= 0.6 is 0 Å². The first-order valence-electron chi connectivity index (χ1n) is 6.43. The van der Waals surface area contributed by atoms with Crippen molar-refractivity contribution in [3.8, 4) is 0 Å². The average molecular weight is 315 g/mol. The van der Waals surface area contributed by atoms with E-state index in [1.165, 1.54) is 12.1 Å². The summed E-state index contributed by atoms with van der Waals surface area (Å²) < 4.78 is 27.9. The Morgan fingerprint density at radius 2 is 1.81 bits per heavy atom. The smallest absolute Gasteiger partial charge is 0.408 e. The van der Waals surface area contributed by atoms with E-state index >= 15 is 0 Å². The number of sulfone groups is 1. The highest BCUT2D eigenvalue weighted by Gasteiger charge is 2.20. The minimum Gasteiger partial charge on any atom is -0.444 e. The van der Waals surface area contributed by atoms with Gasteiger partial charge in [0.05, 0.1) is 17.5 Å². The van der Waals surface area contributed by atoms with Crippen molar-refractivity contribution in [2.45, 2.75) is 37.3 Å². The summed E-state index contributed by atoms with van der Waals surface area (Å²) in [6, 6.07) is 5.31. The van der Waals surface area contributed by atoms with Gasteiger partial charge in [-0.15, -0.1) is 0 Å². The van der Waals surface area contributed by atoms with E-state index in [-0.39, 0.29) is 11.5 Å². The molecule has 0 aliphatic heterocycles. The van der Waals surface area contributed by atoms with Crippen LogP contribution < -0.4 is 5.32 Å². The van der Waals surface area contributed by atoms with E-state index in [0.717, 1.165) is 6.26 Å². The van der Waals surface area contributed by atoms with Crippen molar-refractivity contribution in [2.75, 3.05) is 12.9 Å². The topological polar surface area (TPSA) is 92.7 Å². The molecule has 0 bridgehead atoms. The molecule has 0 saturated heterocycles. The summed E-state index contributed by atoms with van der Waals surface area (Å²) in [4.78, 5) is 11.9. The van der Waals surface area contributed by atoms with Crippen molar-refractivity contribution in [1.82, 2.24) is 5.32 Å². The fraction of sp³-hybridized carbons (Fsp3) is 0.500. The quantitative estimate of drug-likeness (QED) is 0.881. The third kappa shape index (κ3) is 5.73. The summed E-state index contributed by atoms with van der Waals surface area (Å²) in [6.07, 6.45) is 0.471. The Hall–Kier alpha value is -1.60. The van der Waals surface area contributed by atoms with E-state index in [9.17, 15) is 18.3 Å². The highest BCUT2D eigenvalue weighted by atomic mass is 32.2. The number of aliphatic hydroxyl groups excluding tert-OH is 1. The Bertz CT molecular complexity index is 587. The lowest BCUT2D eigenvalue weighted by Crippen LogP contribution is -2.36. The molecule has 118 valence electrons. The van der Waals surface area contributed by atoms with Crippen LogP contribution in [-0.2, 0) is 14.6 Å². The molecular formula is C14H21NO5S. The monoisotopic (exact) mass is 315 g/mol. The highest BCUT2D eigenvalue weighted by molar-refractivity contribution is 7.90. The van der Waals surface area contributed by atoms with Gasteiger partial charge >= 0.3 is 6.09 Å². The number of carbonyl (C=O) groups is 1. The number of benzene rings is 1. The molecule has 0 saturated carbocycles. The zero-order chi connectivity index (χ0) is 16.3. The molecule has 0 aromatic heterocycles. The van der Waals surface area contributed by atoms with Gasteiger partial charge in [0.25, 0.3) is 0 Å². The molecule has 1 aromatic rings. The molecule has 6 nitrogen and oxygen atoms in total. The Balaban J connectivity index is 2.84. The number of nitrogens with one attached hydrogen (secondary N) is 1. The molecule has 0 radical (unpaired) electrons. The maximum atomic E-state index is 11.7. The van der Waals surface area contributed by atoms with Crippen LogP contribution in [0, 0.1) is 0 Å². The van der Waals surface area contributed by atoms with Crippen LogP contribution in [0.5, 0.6) is 0 Å². The van der Waals surface area contributed by atoms with Crippen LogP contribution in [0.4, 0.5) is 4.79 Å². The molecule has 0 aliphatic carbocycles. The second kappa shape index (κ2) is 6.44. The van der Waals surface area contributed by atoms with E-state index in [4.69, 9.17) is 4.74 Å². The minimum absolute atomic E-state index is 0.181.